The number of nitrogens with zero attached hydrogens (tertiary/aromatic N) is 1. The van der Waals surface area contributed by atoms with Crippen LogP contribution in [0.3, 0.4) is 0 Å². The summed E-state index contributed by atoms with van der Waals surface area (Å²) in [4.78, 5) is 0. The SMILES string of the molecule is NN1CCCC(c2c(F)ccc(F)c2F)C1. The first-order valence-electron chi connectivity index (χ1n) is 5.22. The molecule has 1 aliphatic rings. The van der Waals surface area contributed by atoms with Crippen LogP contribution in [0.25, 0.3) is 0 Å². The van der Waals surface area contributed by atoms with E-state index < -0.39 is 17.5 Å². The number of nitrogens with two attached hydrogens (primary N) is 1. The molecule has 88 valence electrons. The van der Waals surface area contributed by atoms with Crippen molar-refractivity contribution in [2.24, 2.45) is 5.84 Å². The number of hydrogen-bond donors (Lipinski definition) is 1. The molecular weight excluding hydrogens is 217 g/mol. The molecule has 0 bridgehead atoms. The minimum atomic E-state index is -1.08. The molecule has 1 atom stereocenters. The minimum Gasteiger partial charge on any atom is -0.269 e. The fourth-order valence-corrected chi connectivity index (χ4v) is 2.16. The zero-order chi connectivity index (χ0) is 11.7. The lowest BCUT2D eigenvalue weighted by Gasteiger charge is -2.29. The average Bonchev–Trinajstić information content (AvgIpc) is 2.24. The third-order valence-corrected chi connectivity index (χ3v) is 2.94. The van der Waals surface area contributed by atoms with Gasteiger partial charge in [-0.2, -0.15) is 0 Å². The second-order valence-corrected chi connectivity index (χ2v) is 4.09. The number of piperidine rings is 1. The van der Waals surface area contributed by atoms with Crippen LogP contribution >= 0.6 is 0 Å². The molecule has 0 amide bonds. The summed E-state index contributed by atoms with van der Waals surface area (Å²) in [7, 11) is 0. The van der Waals surface area contributed by atoms with Gasteiger partial charge in [0.25, 0.3) is 0 Å². The van der Waals surface area contributed by atoms with Crippen LogP contribution in [-0.4, -0.2) is 18.1 Å². The summed E-state index contributed by atoms with van der Waals surface area (Å²) in [5, 5.41) is 1.51. The quantitative estimate of drug-likeness (QED) is 0.591. The van der Waals surface area contributed by atoms with Crippen LogP contribution in [0, 0.1) is 17.5 Å². The maximum Gasteiger partial charge on any atom is 0.165 e. The number of rotatable bonds is 1. The van der Waals surface area contributed by atoms with Crippen molar-refractivity contribution in [3.63, 3.8) is 0 Å². The van der Waals surface area contributed by atoms with Gasteiger partial charge in [0.15, 0.2) is 11.6 Å². The van der Waals surface area contributed by atoms with Crippen LogP contribution in [0.5, 0.6) is 0 Å². The fraction of sp³-hybridized carbons (Fsp3) is 0.455. The van der Waals surface area contributed by atoms with E-state index in [4.69, 9.17) is 5.84 Å². The Kier molecular flexibility index (Phi) is 3.16. The Labute approximate surface area is 91.8 Å². The maximum absolute atomic E-state index is 13.5. The second-order valence-electron chi connectivity index (χ2n) is 4.09. The van der Waals surface area contributed by atoms with Gasteiger partial charge in [-0.05, 0) is 25.0 Å². The van der Waals surface area contributed by atoms with Crippen molar-refractivity contribution in [2.75, 3.05) is 13.1 Å². The zero-order valence-electron chi connectivity index (χ0n) is 8.72. The predicted molar refractivity (Wildman–Crippen MR) is 54.1 cm³/mol. The molecule has 1 fully saturated rings. The topological polar surface area (TPSA) is 29.3 Å². The number of hydrogen-bond acceptors (Lipinski definition) is 2. The molecule has 0 aromatic heterocycles. The van der Waals surface area contributed by atoms with Crippen molar-refractivity contribution in [1.82, 2.24) is 5.01 Å². The van der Waals surface area contributed by atoms with Gasteiger partial charge in [0, 0.05) is 24.6 Å². The Balaban J connectivity index is 2.35. The molecule has 0 saturated carbocycles. The van der Waals surface area contributed by atoms with E-state index in [9.17, 15) is 13.2 Å². The summed E-state index contributed by atoms with van der Waals surface area (Å²) in [5.41, 5.74) is -0.171. The normalized spacial score (nSPS) is 22.4. The molecule has 1 aromatic carbocycles. The van der Waals surface area contributed by atoms with E-state index in [2.05, 4.69) is 0 Å². The molecule has 2 nitrogen and oxygen atoms in total. The Morgan fingerprint density at radius 2 is 1.88 bits per heavy atom. The minimum absolute atomic E-state index is 0.171. The van der Waals surface area contributed by atoms with Gasteiger partial charge in [-0.15, -0.1) is 0 Å². The molecule has 1 saturated heterocycles. The fourth-order valence-electron chi connectivity index (χ4n) is 2.16. The molecular formula is C11H13F3N2. The summed E-state index contributed by atoms with van der Waals surface area (Å²) in [6.07, 6.45) is 1.39. The van der Waals surface area contributed by atoms with E-state index in [0.717, 1.165) is 18.6 Å². The van der Waals surface area contributed by atoms with Gasteiger partial charge in [0.1, 0.15) is 5.82 Å². The molecule has 2 N–H and O–H groups in total. The molecule has 0 spiro atoms. The third kappa shape index (κ3) is 2.05. The largest absolute Gasteiger partial charge is 0.269 e. The van der Waals surface area contributed by atoms with Crippen LogP contribution in [-0.2, 0) is 0 Å². The zero-order valence-corrected chi connectivity index (χ0v) is 8.72. The third-order valence-electron chi connectivity index (χ3n) is 2.94. The highest BCUT2D eigenvalue weighted by molar-refractivity contribution is 5.25. The highest BCUT2D eigenvalue weighted by Crippen LogP contribution is 2.30. The van der Waals surface area contributed by atoms with E-state index in [0.29, 0.717) is 19.5 Å². The first kappa shape index (κ1) is 11.4. The Bertz CT molecular complexity index is 395. The van der Waals surface area contributed by atoms with Crippen molar-refractivity contribution in [2.45, 2.75) is 18.8 Å². The lowest BCUT2D eigenvalue weighted by molar-refractivity contribution is 0.208. The molecule has 2 rings (SSSR count). The number of hydrazine groups is 1. The van der Waals surface area contributed by atoms with Crippen molar-refractivity contribution in [3.8, 4) is 0 Å². The van der Waals surface area contributed by atoms with Gasteiger partial charge in [0.05, 0.1) is 0 Å². The van der Waals surface area contributed by atoms with E-state index in [1.165, 1.54) is 5.01 Å². The van der Waals surface area contributed by atoms with Crippen molar-refractivity contribution >= 4 is 0 Å². The van der Waals surface area contributed by atoms with Gasteiger partial charge in [-0.1, -0.05) is 0 Å². The Morgan fingerprint density at radius 1 is 1.19 bits per heavy atom. The summed E-state index contributed by atoms with van der Waals surface area (Å²) >= 11 is 0. The van der Waals surface area contributed by atoms with Crippen LogP contribution < -0.4 is 5.84 Å². The van der Waals surface area contributed by atoms with Gasteiger partial charge in [0.2, 0.25) is 0 Å². The van der Waals surface area contributed by atoms with Crippen molar-refractivity contribution in [1.29, 1.82) is 0 Å². The lowest BCUT2D eigenvalue weighted by Crippen LogP contribution is -2.40. The van der Waals surface area contributed by atoms with Crippen molar-refractivity contribution < 1.29 is 13.2 Å². The first-order chi connectivity index (χ1) is 7.59. The highest BCUT2D eigenvalue weighted by Gasteiger charge is 2.26. The molecule has 16 heavy (non-hydrogen) atoms. The highest BCUT2D eigenvalue weighted by atomic mass is 19.2. The van der Waals surface area contributed by atoms with E-state index >= 15 is 0 Å². The maximum atomic E-state index is 13.5. The van der Waals surface area contributed by atoms with E-state index in [-0.39, 0.29) is 11.5 Å². The van der Waals surface area contributed by atoms with Crippen LogP contribution in [0.4, 0.5) is 13.2 Å². The molecule has 0 radical (unpaired) electrons. The summed E-state index contributed by atoms with van der Waals surface area (Å²) in [6, 6.07) is 1.76. The molecule has 1 unspecified atom stereocenters. The summed E-state index contributed by atoms with van der Waals surface area (Å²) in [6.45, 7) is 1.06. The summed E-state index contributed by atoms with van der Waals surface area (Å²) < 4.78 is 40.0. The molecule has 1 heterocycles. The van der Waals surface area contributed by atoms with Crippen LogP contribution in [0.1, 0.15) is 24.3 Å². The molecule has 0 aliphatic carbocycles. The van der Waals surface area contributed by atoms with E-state index in [1.807, 2.05) is 0 Å². The monoisotopic (exact) mass is 230 g/mol. The Morgan fingerprint density at radius 3 is 2.56 bits per heavy atom. The predicted octanol–water partition coefficient (Wildman–Crippen LogP) is 2.16. The van der Waals surface area contributed by atoms with Crippen LogP contribution in [0.15, 0.2) is 12.1 Å². The number of benzene rings is 1. The molecule has 5 heteroatoms. The van der Waals surface area contributed by atoms with Gasteiger partial charge < -0.3 is 0 Å². The Hall–Kier alpha value is -1.07. The van der Waals surface area contributed by atoms with Crippen LogP contribution in [0.2, 0.25) is 0 Å². The second kappa shape index (κ2) is 4.43. The lowest BCUT2D eigenvalue weighted by atomic mass is 9.90. The standard InChI is InChI=1S/C11H13F3N2/c12-8-3-4-9(13)11(14)10(8)7-2-1-5-16(15)6-7/h3-4,7H,1-2,5-6,15H2. The molecule has 1 aliphatic heterocycles. The smallest absolute Gasteiger partial charge is 0.165 e. The van der Waals surface area contributed by atoms with Crippen molar-refractivity contribution in [3.05, 3.63) is 35.1 Å². The van der Waals surface area contributed by atoms with E-state index in [1.54, 1.807) is 0 Å². The van der Waals surface area contributed by atoms with Gasteiger partial charge >= 0.3 is 0 Å². The van der Waals surface area contributed by atoms with Gasteiger partial charge in [-0.3, -0.25) is 5.84 Å². The number of halogens is 3. The average molecular weight is 230 g/mol. The van der Waals surface area contributed by atoms with Gasteiger partial charge in [-0.25, -0.2) is 18.2 Å². The summed E-state index contributed by atoms with van der Waals surface area (Å²) in [5.74, 6) is 2.44. The molecule has 1 aromatic rings. The first-order valence-corrected chi connectivity index (χ1v) is 5.22.